The maximum Gasteiger partial charge on any atom is 0.277 e. The number of hydrogen-bond acceptors (Lipinski definition) is 5. The van der Waals surface area contributed by atoms with Gasteiger partial charge >= 0.3 is 0 Å². The average Bonchev–Trinajstić information content (AvgIpc) is 2.60. The molecule has 0 saturated heterocycles. The first-order valence-corrected chi connectivity index (χ1v) is 7.29. The number of hydrazone groups is 1. The molecular formula is C17H14ClN3O3. The number of ether oxygens (including phenoxy) is 2. The van der Waals surface area contributed by atoms with E-state index in [1.54, 1.807) is 42.5 Å². The Labute approximate surface area is 144 Å². The van der Waals surface area contributed by atoms with E-state index in [0.717, 1.165) is 0 Å². The van der Waals surface area contributed by atoms with Gasteiger partial charge in [-0.15, -0.1) is 0 Å². The van der Waals surface area contributed by atoms with Crippen LogP contribution < -0.4 is 14.9 Å². The summed E-state index contributed by atoms with van der Waals surface area (Å²) in [6.07, 6.45) is 1.45. The molecule has 0 fully saturated rings. The van der Waals surface area contributed by atoms with Crippen LogP contribution in [-0.2, 0) is 4.79 Å². The molecule has 0 radical (unpaired) electrons. The Morgan fingerprint density at radius 2 is 2.12 bits per heavy atom. The molecule has 0 spiro atoms. The van der Waals surface area contributed by atoms with Gasteiger partial charge in [0.05, 0.1) is 23.9 Å². The molecule has 6 nitrogen and oxygen atoms in total. The maximum atomic E-state index is 11.7. The molecule has 0 aliphatic carbocycles. The first-order chi connectivity index (χ1) is 11.6. The van der Waals surface area contributed by atoms with Crippen LogP contribution in [0.25, 0.3) is 0 Å². The van der Waals surface area contributed by atoms with Crippen molar-refractivity contribution in [2.24, 2.45) is 5.10 Å². The van der Waals surface area contributed by atoms with Gasteiger partial charge in [0.2, 0.25) is 0 Å². The third kappa shape index (κ3) is 4.73. The third-order valence-corrected chi connectivity index (χ3v) is 3.24. The number of methoxy groups -OCH3 is 1. The molecule has 0 aliphatic heterocycles. The Bertz CT molecular complexity index is 800. The molecule has 1 N–H and O–H groups in total. The quantitative estimate of drug-likeness (QED) is 0.645. The van der Waals surface area contributed by atoms with Crippen molar-refractivity contribution in [3.05, 3.63) is 58.6 Å². The van der Waals surface area contributed by atoms with E-state index in [1.165, 1.54) is 13.3 Å². The van der Waals surface area contributed by atoms with Crippen LogP contribution in [0, 0.1) is 11.3 Å². The van der Waals surface area contributed by atoms with Gasteiger partial charge in [-0.25, -0.2) is 5.43 Å². The van der Waals surface area contributed by atoms with Gasteiger partial charge in [0.15, 0.2) is 6.61 Å². The van der Waals surface area contributed by atoms with Crippen LogP contribution in [0.1, 0.15) is 11.1 Å². The van der Waals surface area contributed by atoms with Gasteiger partial charge in [0.1, 0.15) is 17.6 Å². The van der Waals surface area contributed by atoms with E-state index in [4.69, 9.17) is 26.3 Å². The largest absolute Gasteiger partial charge is 0.495 e. The summed E-state index contributed by atoms with van der Waals surface area (Å²) in [5, 5.41) is 13.2. The van der Waals surface area contributed by atoms with Crippen LogP contribution in [0.15, 0.2) is 47.6 Å². The normalized spacial score (nSPS) is 10.2. The molecule has 2 aromatic carbocycles. The fourth-order valence-corrected chi connectivity index (χ4v) is 2.07. The zero-order valence-corrected chi connectivity index (χ0v) is 13.6. The third-order valence-electron chi connectivity index (χ3n) is 2.94. The van der Waals surface area contributed by atoms with Crippen LogP contribution in [-0.4, -0.2) is 25.8 Å². The molecule has 1 amide bonds. The molecule has 0 aliphatic rings. The highest BCUT2D eigenvalue weighted by atomic mass is 35.5. The van der Waals surface area contributed by atoms with E-state index in [1.807, 2.05) is 6.07 Å². The monoisotopic (exact) mass is 343 g/mol. The fraction of sp³-hybridized carbons (Fsp3) is 0.118. The van der Waals surface area contributed by atoms with Gasteiger partial charge in [-0.05, 0) is 35.9 Å². The van der Waals surface area contributed by atoms with Crippen molar-refractivity contribution in [2.75, 3.05) is 13.7 Å². The van der Waals surface area contributed by atoms with Crippen molar-refractivity contribution in [3.8, 4) is 17.6 Å². The van der Waals surface area contributed by atoms with E-state index < -0.39 is 5.91 Å². The first-order valence-electron chi connectivity index (χ1n) is 6.91. The molecule has 24 heavy (non-hydrogen) atoms. The number of carbonyl (C=O) groups excluding carboxylic acids is 1. The Morgan fingerprint density at radius 3 is 2.83 bits per heavy atom. The summed E-state index contributed by atoms with van der Waals surface area (Å²) in [6.45, 7) is -0.251. The lowest BCUT2D eigenvalue weighted by atomic mass is 10.2. The zero-order valence-electron chi connectivity index (χ0n) is 12.8. The second kappa shape index (κ2) is 8.56. The molecule has 2 rings (SSSR count). The van der Waals surface area contributed by atoms with Gasteiger partial charge in [0, 0.05) is 0 Å². The summed E-state index contributed by atoms with van der Waals surface area (Å²) < 4.78 is 10.3. The lowest BCUT2D eigenvalue weighted by Gasteiger charge is -2.06. The summed E-state index contributed by atoms with van der Waals surface area (Å²) in [7, 11) is 1.53. The van der Waals surface area contributed by atoms with E-state index in [9.17, 15) is 4.79 Å². The number of benzene rings is 2. The van der Waals surface area contributed by atoms with Gasteiger partial charge in [-0.1, -0.05) is 23.7 Å². The lowest BCUT2D eigenvalue weighted by Crippen LogP contribution is -2.24. The van der Waals surface area contributed by atoms with E-state index in [-0.39, 0.29) is 6.61 Å². The number of para-hydroxylation sites is 1. The van der Waals surface area contributed by atoms with Crippen LogP contribution in [0.5, 0.6) is 11.5 Å². The maximum absolute atomic E-state index is 11.7. The molecule has 0 unspecified atom stereocenters. The summed E-state index contributed by atoms with van der Waals surface area (Å²) in [6, 6.07) is 13.8. The molecule has 7 heteroatoms. The van der Waals surface area contributed by atoms with Crippen molar-refractivity contribution < 1.29 is 14.3 Å². The highest BCUT2D eigenvalue weighted by Crippen LogP contribution is 2.24. The molecule has 122 valence electrons. The molecule has 0 saturated carbocycles. The number of halogens is 1. The summed E-state index contributed by atoms with van der Waals surface area (Å²) in [5.74, 6) is 0.460. The van der Waals surface area contributed by atoms with Crippen molar-refractivity contribution in [2.45, 2.75) is 0 Å². The molecule has 0 heterocycles. The number of nitrogens with zero attached hydrogens (tertiary/aromatic N) is 2. The van der Waals surface area contributed by atoms with Crippen molar-refractivity contribution in [1.82, 2.24) is 5.43 Å². The minimum atomic E-state index is -0.446. The molecular weight excluding hydrogens is 330 g/mol. The number of hydrogen-bond donors (Lipinski definition) is 1. The van der Waals surface area contributed by atoms with Gasteiger partial charge in [0.25, 0.3) is 5.91 Å². The second-order valence-electron chi connectivity index (χ2n) is 4.58. The Morgan fingerprint density at radius 1 is 1.33 bits per heavy atom. The minimum absolute atomic E-state index is 0.251. The van der Waals surface area contributed by atoms with Gasteiger partial charge in [-0.3, -0.25) is 4.79 Å². The van der Waals surface area contributed by atoms with Crippen LogP contribution in [0.3, 0.4) is 0 Å². The molecule has 0 aromatic heterocycles. The van der Waals surface area contributed by atoms with Crippen molar-refractivity contribution in [1.29, 1.82) is 5.26 Å². The first kappa shape index (κ1) is 17.3. The standard InChI is InChI=1S/C17H14ClN3O3/c1-23-16-7-6-12(8-14(16)18)10-20-21-17(22)11-24-15-5-3-2-4-13(15)9-19/h2-8,10H,11H2,1H3,(H,21,22). The summed E-state index contributed by atoms with van der Waals surface area (Å²) in [4.78, 5) is 11.7. The molecule has 2 aromatic rings. The van der Waals surface area contributed by atoms with Crippen LogP contribution in [0.2, 0.25) is 5.02 Å². The highest BCUT2D eigenvalue weighted by molar-refractivity contribution is 6.32. The highest BCUT2D eigenvalue weighted by Gasteiger charge is 2.05. The summed E-state index contributed by atoms with van der Waals surface area (Å²) in [5.41, 5.74) is 3.40. The van der Waals surface area contributed by atoms with Gasteiger partial charge < -0.3 is 9.47 Å². The topological polar surface area (TPSA) is 83.7 Å². The number of carbonyl (C=O) groups is 1. The van der Waals surface area contributed by atoms with Crippen molar-refractivity contribution >= 4 is 23.7 Å². The van der Waals surface area contributed by atoms with Crippen LogP contribution in [0.4, 0.5) is 0 Å². The predicted molar refractivity (Wildman–Crippen MR) is 90.4 cm³/mol. The second-order valence-corrected chi connectivity index (χ2v) is 4.99. The van der Waals surface area contributed by atoms with E-state index >= 15 is 0 Å². The number of rotatable bonds is 6. The van der Waals surface area contributed by atoms with E-state index in [2.05, 4.69) is 10.5 Å². The fourth-order valence-electron chi connectivity index (χ4n) is 1.80. The SMILES string of the molecule is COc1ccc(C=NNC(=O)COc2ccccc2C#N)cc1Cl. The smallest absolute Gasteiger partial charge is 0.277 e. The zero-order chi connectivity index (χ0) is 17.4. The Balaban J connectivity index is 1.87. The minimum Gasteiger partial charge on any atom is -0.495 e. The number of nitriles is 1. The average molecular weight is 344 g/mol. The summed E-state index contributed by atoms with van der Waals surface area (Å²) >= 11 is 6.00. The number of amides is 1. The van der Waals surface area contributed by atoms with Crippen LogP contribution >= 0.6 is 11.6 Å². The van der Waals surface area contributed by atoms with Gasteiger partial charge in [-0.2, -0.15) is 10.4 Å². The number of nitrogens with one attached hydrogen (secondary N) is 1. The van der Waals surface area contributed by atoms with Crippen molar-refractivity contribution in [3.63, 3.8) is 0 Å². The molecule has 0 atom stereocenters. The Hall–Kier alpha value is -3.04. The Kier molecular flexibility index (Phi) is 6.17. The predicted octanol–water partition coefficient (Wildman–Crippen LogP) is 2.75. The van der Waals surface area contributed by atoms with E-state index in [0.29, 0.717) is 27.6 Å². The lowest BCUT2D eigenvalue weighted by molar-refractivity contribution is -0.123. The molecule has 0 bridgehead atoms.